The first-order chi connectivity index (χ1) is 9.40. The maximum atomic E-state index is 7.04. The third-order valence-corrected chi connectivity index (χ3v) is 3.61. The first-order valence-electron chi connectivity index (χ1n) is 6.69. The van der Waals surface area contributed by atoms with Crippen molar-refractivity contribution in [2.24, 2.45) is 0 Å². The molecular weight excluding hydrogens is 228 g/mol. The summed E-state index contributed by atoms with van der Waals surface area (Å²) in [5, 5.41) is 5.28. The number of hydrogen-bond donors (Lipinski definition) is 0. The van der Waals surface area contributed by atoms with E-state index in [9.17, 15) is 0 Å². The maximum Gasteiger partial charge on any atom is 0.0102 e. The maximum absolute atomic E-state index is 7.04. The van der Waals surface area contributed by atoms with Crippen LogP contribution in [0.3, 0.4) is 0 Å². The van der Waals surface area contributed by atoms with Gasteiger partial charge in [0.05, 0.1) is 0 Å². The molecule has 0 heterocycles. The molecule has 91 valence electrons. The van der Waals surface area contributed by atoms with Gasteiger partial charge in [0.1, 0.15) is 0 Å². The van der Waals surface area contributed by atoms with E-state index in [2.05, 4.69) is 60.5 Å². The first kappa shape index (κ1) is 11.8. The monoisotopic (exact) mass is 243 g/mol. The molecule has 0 bridgehead atoms. The van der Waals surface area contributed by atoms with E-state index >= 15 is 0 Å². The largest absolute Gasteiger partial charge is 0.0891 e. The summed E-state index contributed by atoms with van der Waals surface area (Å²) in [6, 6.07) is 19.4. The molecular formula is C19H15. The zero-order chi connectivity index (χ0) is 13.1. The fourth-order valence-electron chi connectivity index (χ4n) is 2.73. The van der Waals surface area contributed by atoms with Gasteiger partial charge in [0.2, 0.25) is 0 Å². The third-order valence-electron chi connectivity index (χ3n) is 3.61. The Bertz CT molecular complexity index is 706. The van der Waals surface area contributed by atoms with Crippen molar-refractivity contribution in [3.8, 4) is 5.92 Å². The van der Waals surface area contributed by atoms with Crippen LogP contribution in [0.15, 0.2) is 54.6 Å². The molecule has 3 rings (SSSR count). The average molecular weight is 243 g/mol. The molecule has 0 saturated carbocycles. The van der Waals surface area contributed by atoms with Gasteiger partial charge in [0.25, 0.3) is 0 Å². The second-order valence-corrected chi connectivity index (χ2v) is 4.83. The first-order valence-corrected chi connectivity index (χ1v) is 6.69. The van der Waals surface area contributed by atoms with E-state index < -0.39 is 0 Å². The molecule has 0 nitrogen and oxygen atoms in total. The van der Waals surface area contributed by atoms with Crippen LogP contribution in [-0.4, -0.2) is 0 Å². The normalized spacial score (nSPS) is 10.7. The second kappa shape index (κ2) is 5.16. The van der Waals surface area contributed by atoms with Crippen molar-refractivity contribution < 1.29 is 0 Å². The average Bonchev–Trinajstić information content (AvgIpc) is 2.46. The Morgan fingerprint density at radius 1 is 0.842 bits per heavy atom. The summed E-state index contributed by atoms with van der Waals surface area (Å²) in [6.45, 7) is 0. The number of unbranched alkanes of at least 4 members (excludes halogenated alkanes) is 1. The van der Waals surface area contributed by atoms with Gasteiger partial charge in [0, 0.05) is 6.42 Å². The van der Waals surface area contributed by atoms with E-state index in [1.807, 2.05) is 0 Å². The minimum atomic E-state index is 0.734. The summed E-state index contributed by atoms with van der Waals surface area (Å²) in [6.07, 6.45) is 9.77. The van der Waals surface area contributed by atoms with Crippen LogP contribution in [-0.2, 0) is 6.42 Å². The highest BCUT2D eigenvalue weighted by Crippen LogP contribution is 2.29. The lowest BCUT2D eigenvalue weighted by Crippen LogP contribution is -1.90. The number of rotatable bonds is 3. The van der Waals surface area contributed by atoms with Crippen LogP contribution in [0.4, 0.5) is 0 Å². The molecule has 0 heteroatoms. The third kappa shape index (κ3) is 2.20. The Kier molecular flexibility index (Phi) is 3.21. The summed E-state index contributed by atoms with van der Waals surface area (Å²) in [7, 11) is 0. The smallest absolute Gasteiger partial charge is 0.0102 e. The van der Waals surface area contributed by atoms with E-state index in [1.54, 1.807) is 0 Å². The van der Waals surface area contributed by atoms with E-state index in [0.29, 0.717) is 0 Å². The molecule has 3 aromatic rings. The predicted octanol–water partition coefficient (Wildman–Crippen LogP) is 4.91. The van der Waals surface area contributed by atoms with Gasteiger partial charge in [-0.2, -0.15) is 0 Å². The highest BCUT2D eigenvalue weighted by molar-refractivity contribution is 6.02. The molecule has 19 heavy (non-hydrogen) atoms. The Morgan fingerprint density at radius 2 is 1.42 bits per heavy atom. The Balaban J connectivity index is 2.24. The number of benzene rings is 3. The Labute approximate surface area is 114 Å². The SMILES string of the molecule is [C]#CCCCc1c2ccccc2cc2ccccc12. The van der Waals surface area contributed by atoms with Crippen molar-refractivity contribution >= 4 is 21.5 Å². The highest BCUT2D eigenvalue weighted by atomic mass is 14.1. The van der Waals surface area contributed by atoms with E-state index in [4.69, 9.17) is 6.42 Å². The van der Waals surface area contributed by atoms with Gasteiger partial charge in [0.15, 0.2) is 0 Å². The summed E-state index contributed by atoms with van der Waals surface area (Å²) >= 11 is 0. The van der Waals surface area contributed by atoms with Crippen molar-refractivity contribution in [1.29, 1.82) is 0 Å². The summed E-state index contributed by atoms with van der Waals surface area (Å²) in [5.41, 5.74) is 1.41. The minimum Gasteiger partial charge on any atom is -0.0891 e. The second-order valence-electron chi connectivity index (χ2n) is 4.83. The van der Waals surface area contributed by atoms with Gasteiger partial charge in [-0.15, -0.1) is 0 Å². The lowest BCUT2D eigenvalue weighted by molar-refractivity contribution is 0.868. The van der Waals surface area contributed by atoms with Crippen molar-refractivity contribution in [2.75, 3.05) is 0 Å². The van der Waals surface area contributed by atoms with Crippen molar-refractivity contribution in [3.05, 3.63) is 66.6 Å². The molecule has 0 spiro atoms. The molecule has 1 radical (unpaired) electrons. The topological polar surface area (TPSA) is 0 Å². The fourth-order valence-corrected chi connectivity index (χ4v) is 2.73. The molecule has 0 aliphatic carbocycles. The predicted molar refractivity (Wildman–Crippen MR) is 81.5 cm³/mol. The van der Waals surface area contributed by atoms with Gasteiger partial charge in [-0.1, -0.05) is 54.5 Å². The van der Waals surface area contributed by atoms with Crippen LogP contribution >= 0.6 is 0 Å². The molecule has 0 unspecified atom stereocenters. The lowest BCUT2D eigenvalue weighted by atomic mass is 9.93. The zero-order valence-electron chi connectivity index (χ0n) is 10.8. The molecule has 3 aromatic carbocycles. The van der Waals surface area contributed by atoms with Crippen LogP contribution in [0.1, 0.15) is 18.4 Å². The molecule has 0 aromatic heterocycles. The molecule has 0 saturated heterocycles. The van der Waals surface area contributed by atoms with Gasteiger partial charge >= 0.3 is 0 Å². The van der Waals surface area contributed by atoms with Crippen molar-refractivity contribution in [3.63, 3.8) is 0 Å². The summed E-state index contributed by atoms with van der Waals surface area (Å²) < 4.78 is 0. The zero-order valence-corrected chi connectivity index (χ0v) is 10.8. The van der Waals surface area contributed by atoms with Gasteiger partial charge in [-0.3, -0.25) is 0 Å². The molecule has 0 amide bonds. The molecule has 0 aliphatic rings. The summed E-state index contributed by atoms with van der Waals surface area (Å²) in [4.78, 5) is 0. The molecule has 0 atom stereocenters. The van der Waals surface area contributed by atoms with Gasteiger partial charge in [-0.25, -0.2) is 0 Å². The van der Waals surface area contributed by atoms with Crippen LogP contribution in [0.5, 0.6) is 0 Å². The highest BCUT2D eigenvalue weighted by Gasteiger charge is 2.06. The van der Waals surface area contributed by atoms with Crippen molar-refractivity contribution in [1.82, 2.24) is 0 Å². The Hall–Kier alpha value is -2.26. The molecule has 0 fully saturated rings. The molecule has 0 N–H and O–H groups in total. The van der Waals surface area contributed by atoms with E-state index in [-0.39, 0.29) is 0 Å². The minimum absolute atomic E-state index is 0.734. The van der Waals surface area contributed by atoms with Gasteiger partial charge in [-0.05, 0) is 52.4 Å². The van der Waals surface area contributed by atoms with Crippen LogP contribution < -0.4 is 0 Å². The quantitative estimate of drug-likeness (QED) is 0.348. The summed E-state index contributed by atoms with van der Waals surface area (Å²) in [5.74, 6) is 2.48. The van der Waals surface area contributed by atoms with Crippen LogP contribution in [0, 0.1) is 12.3 Å². The van der Waals surface area contributed by atoms with Crippen LogP contribution in [0.2, 0.25) is 0 Å². The number of fused-ring (bicyclic) bond motifs is 2. The Morgan fingerprint density at radius 3 is 2.00 bits per heavy atom. The number of hydrogen-bond acceptors (Lipinski definition) is 0. The number of aryl methyl sites for hydroxylation is 1. The lowest BCUT2D eigenvalue weighted by Gasteiger charge is -2.11. The van der Waals surface area contributed by atoms with Crippen LogP contribution in [0.25, 0.3) is 21.5 Å². The van der Waals surface area contributed by atoms with E-state index in [1.165, 1.54) is 27.1 Å². The standard InChI is InChI=1S/C19H15/c1-2-3-4-13-19-17-11-7-5-9-15(17)14-16-10-6-8-12-18(16)19/h5-12,14H,3-4,13H2. The van der Waals surface area contributed by atoms with E-state index in [0.717, 1.165) is 19.3 Å². The molecule has 0 aliphatic heterocycles. The van der Waals surface area contributed by atoms with Crippen molar-refractivity contribution in [2.45, 2.75) is 19.3 Å². The van der Waals surface area contributed by atoms with Gasteiger partial charge < -0.3 is 0 Å². The fraction of sp³-hybridized carbons (Fsp3) is 0.158.